The van der Waals surface area contributed by atoms with E-state index in [0.29, 0.717) is 11.7 Å². The van der Waals surface area contributed by atoms with Crippen LogP contribution in [0.1, 0.15) is 58.8 Å². The first kappa shape index (κ1) is 15.7. The fourth-order valence-electron chi connectivity index (χ4n) is 2.43. The molecule has 0 radical (unpaired) electrons. The third kappa shape index (κ3) is 5.51. The highest BCUT2D eigenvalue weighted by Crippen LogP contribution is 2.49. The summed E-state index contributed by atoms with van der Waals surface area (Å²) in [4.78, 5) is 10.8. The van der Waals surface area contributed by atoms with Crippen molar-refractivity contribution in [1.82, 2.24) is 0 Å². The Morgan fingerprint density at radius 1 is 1.39 bits per heavy atom. The van der Waals surface area contributed by atoms with Crippen LogP contribution in [0, 0.1) is 11.3 Å². The molecule has 106 valence electrons. The van der Waals surface area contributed by atoms with E-state index < -0.39 is 16.8 Å². The van der Waals surface area contributed by atoms with Gasteiger partial charge in [0.1, 0.15) is 0 Å². The van der Waals surface area contributed by atoms with Gasteiger partial charge in [-0.1, -0.05) is 33.1 Å². The predicted molar refractivity (Wildman–Crippen MR) is 75.1 cm³/mol. The molecule has 4 heteroatoms. The second kappa shape index (κ2) is 7.27. The lowest BCUT2D eigenvalue weighted by Crippen LogP contribution is -2.21. The minimum Gasteiger partial charge on any atom is -0.481 e. The lowest BCUT2D eigenvalue weighted by atomic mass is 10.0. The molecular formula is C14H26O3S. The van der Waals surface area contributed by atoms with Crippen molar-refractivity contribution >= 4 is 16.8 Å². The molecule has 0 spiro atoms. The van der Waals surface area contributed by atoms with Crippen LogP contribution in [0.2, 0.25) is 0 Å². The van der Waals surface area contributed by atoms with E-state index in [1.807, 2.05) is 0 Å². The number of unbranched alkanes of at least 4 members (excludes halogenated alkanes) is 1. The average molecular weight is 274 g/mol. The first-order chi connectivity index (χ1) is 8.51. The number of hydrogen-bond donors (Lipinski definition) is 1. The van der Waals surface area contributed by atoms with Gasteiger partial charge in [0.05, 0.1) is 6.42 Å². The largest absolute Gasteiger partial charge is 0.481 e. The van der Waals surface area contributed by atoms with Crippen LogP contribution in [0.25, 0.3) is 0 Å². The van der Waals surface area contributed by atoms with Gasteiger partial charge in [-0.3, -0.25) is 9.00 Å². The molecule has 0 aromatic rings. The first-order valence-electron chi connectivity index (χ1n) is 7.08. The van der Waals surface area contributed by atoms with E-state index in [-0.39, 0.29) is 11.8 Å². The fraction of sp³-hybridized carbons (Fsp3) is 0.929. The van der Waals surface area contributed by atoms with Gasteiger partial charge in [0.25, 0.3) is 0 Å². The summed E-state index contributed by atoms with van der Waals surface area (Å²) in [5, 5.41) is 8.85. The summed E-state index contributed by atoms with van der Waals surface area (Å²) in [5.74, 6) is 1.16. The number of hydrogen-bond acceptors (Lipinski definition) is 2. The molecule has 1 N–H and O–H groups in total. The second-order valence-electron chi connectivity index (χ2n) is 5.74. The van der Waals surface area contributed by atoms with Crippen molar-refractivity contribution in [3.05, 3.63) is 0 Å². The summed E-state index contributed by atoms with van der Waals surface area (Å²) in [7, 11) is -0.840. The molecule has 1 fully saturated rings. The zero-order valence-electron chi connectivity index (χ0n) is 11.6. The van der Waals surface area contributed by atoms with Crippen molar-refractivity contribution in [2.75, 3.05) is 11.5 Å². The highest BCUT2D eigenvalue weighted by molar-refractivity contribution is 7.85. The minimum atomic E-state index is -0.840. The summed E-state index contributed by atoms with van der Waals surface area (Å²) in [5.41, 5.74) is -0.125. The van der Waals surface area contributed by atoms with E-state index in [4.69, 9.17) is 5.11 Å². The standard InChI is InChI=1S/C14H26O3S/c1-3-5-6-12(4-2)10-18(17)11-14(7-8-14)9-13(15)16/h12H,3-11H2,1-2H3,(H,15,16). The van der Waals surface area contributed by atoms with E-state index in [2.05, 4.69) is 13.8 Å². The molecule has 2 unspecified atom stereocenters. The van der Waals surface area contributed by atoms with Crippen LogP contribution in [-0.4, -0.2) is 26.8 Å². The number of aliphatic carboxylic acids is 1. The molecule has 0 heterocycles. The maximum atomic E-state index is 12.1. The molecule has 18 heavy (non-hydrogen) atoms. The van der Waals surface area contributed by atoms with Crippen LogP contribution in [0.15, 0.2) is 0 Å². The van der Waals surface area contributed by atoms with E-state index in [9.17, 15) is 9.00 Å². The molecule has 0 amide bonds. The Hall–Kier alpha value is -0.380. The summed E-state index contributed by atoms with van der Waals surface area (Å²) < 4.78 is 12.1. The van der Waals surface area contributed by atoms with Gasteiger partial charge in [0, 0.05) is 22.3 Å². The molecular weight excluding hydrogens is 248 g/mol. The van der Waals surface area contributed by atoms with Gasteiger partial charge in [0.2, 0.25) is 0 Å². The molecule has 1 saturated carbocycles. The Kier molecular flexibility index (Phi) is 6.33. The molecule has 0 saturated heterocycles. The molecule has 3 nitrogen and oxygen atoms in total. The molecule has 2 atom stereocenters. The van der Waals surface area contributed by atoms with E-state index in [0.717, 1.165) is 31.4 Å². The summed E-state index contributed by atoms with van der Waals surface area (Å²) in [6.07, 6.45) is 6.71. The highest BCUT2D eigenvalue weighted by Gasteiger charge is 2.45. The minimum absolute atomic E-state index is 0.125. The van der Waals surface area contributed by atoms with Gasteiger partial charge in [0.15, 0.2) is 0 Å². The van der Waals surface area contributed by atoms with Crippen molar-refractivity contribution in [2.45, 2.75) is 58.8 Å². The smallest absolute Gasteiger partial charge is 0.303 e. The van der Waals surface area contributed by atoms with Crippen molar-refractivity contribution in [3.63, 3.8) is 0 Å². The lowest BCUT2D eigenvalue weighted by molar-refractivity contribution is -0.138. The monoisotopic (exact) mass is 274 g/mol. The van der Waals surface area contributed by atoms with Gasteiger partial charge in [-0.15, -0.1) is 0 Å². The number of carbonyl (C=O) groups is 1. The maximum absolute atomic E-state index is 12.1. The Balaban J connectivity index is 2.34. The molecule has 1 aliphatic carbocycles. The normalized spacial score (nSPS) is 20.3. The molecule has 0 aromatic carbocycles. The van der Waals surface area contributed by atoms with Gasteiger partial charge in [-0.25, -0.2) is 0 Å². The summed E-state index contributed by atoms with van der Waals surface area (Å²) >= 11 is 0. The van der Waals surface area contributed by atoms with Crippen LogP contribution >= 0.6 is 0 Å². The van der Waals surface area contributed by atoms with Crippen LogP contribution in [0.3, 0.4) is 0 Å². The zero-order chi connectivity index (χ0) is 13.6. The fourth-order valence-corrected chi connectivity index (χ4v) is 4.55. The topological polar surface area (TPSA) is 54.4 Å². The van der Waals surface area contributed by atoms with Gasteiger partial charge in [-0.2, -0.15) is 0 Å². The first-order valence-corrected chi connectivity index (χ1v) is 8.57. The summed E-state index contributed by atoms with van der Waals surface area (Å²) in [6.45, 7) is 4.33. The zero-order valence-corrected chi connectivity index (χ0v) is 12.4. The van der Waals surface area contributed by atoms with Crippen molar-refractivity contribution in [3.8, 4) is 0 Å². The number of carboxylic acids is 1. The van der Waals surface area contributed by atoms with Gasteiger partial charge >= 0.3 is 5.97 Å². The molecule has 1 rings (SSSR count). The molecule has 0 aliphatic heterocycles. The molecule has 0 aromatic heterocycles. The Bertz CT molecular complexity index is 297. The van der Waals surface area contributed by atoms with Crippen molar-refractivity contribution < 1.29 is 14.1 Å². The van der Waals surface area contributed by atoms with Crippen LogP contribution in [0.4, 0.5) is 0 Å². The third-order valence-corrected chi connectivity index (χ3v) is 5.69. The average Bonchev–Trinajstić information content (AvgIpc) is 3.02. The van der Waals surface area contributed by atoms with E-state index >= 15 is 0 Å². The second-order valence-corrected chi connectivity index (χ2v) is 7.24. The quantitative estimate of drug-likeness (QED) is 0.665. The van der Waals surface area contributed by atoms with Crippen molar-refractivity contribution in [2.24, 2.45) is 11.3 Å². The third-order valence-electron chi connectivity index (χ3n) is 3.92. The Morgan fingerprint density at radius 3 is 2.50 bits per heavy atom. The van der Waals surface area contributed by atoms with Crippen LogP contribution in [0.5, 0.6) is 0 Å². The van der Waals surface area contributed by atoms with Gasteiger partial charge in [-0.05, 0) is 30.6 Å². The van der Waals surface area contributed by atoms with Crippen LogP contribution in [-0.2, 0) is 15.6 Å². The van der Waals surface area contributed by atoms with Gasteiger partial charge < -0.3 is 5.11 Å². The Morgan fingerprint density at radius 2 is 2.06 bits per heavy atom. The van der Waals surface area contributed by atoms with Crippen LogP contribution < -0.4 is 0 Å². The Labute approximate surface area is 113 Å². The van der Waals surface area contributed by atoms with E-state index in [1.165, 1.54) is 12.8 Å². The van der Waals surface area contributed by atoms with Crippen molar-refractivity contribution in [1.29, 1.82) is 0 Å². The number of rotatable bonds is 10. The molecule has 1 aliphatic rings. The summed E-state index contributed by atoms with van der Waals surface area (Å²) in [6, 6.07) is 0. The SMILES string of the molecule is CCCCC(CC)CS(=O)CC1(CC(=O)O)CC1. The van der Waals surface area contributed by atoms with E-state index in [1.54, 1.807) is 0 Å². The number of carboxylic acid groups (broad SMARTS) is 1. The lowest BCUT2D eigenvalue weighted by Gasteiger charge is -2.17. The highest BCUT2D eigenvalue weighted by atomic mass is 32.2. The predicted octanol–water partition coefficient (Wildman–Crippen LogP) is 3.21. The molecule has 0 bridgehead atoms. The maximum Gasteiger partial charge on any atom is 0.303 e.